The van der Waals surface area contributed by atoms with E-state index in [4.69, 9.17) is 4.74 Å². The van der Waals surface area contributed by atoms with Crippen LogP contribution in [-0.2, 0) is 4.74 Å². The summed E-state index contributed by atoms with van der Waals surface area (Å²) in [6.07, 6.45) is 8.13. The second-order valence-corrected chi connectivity index (χ2v) is 6.86. The number of aliphatic imine (C=N–C) groups is 1. The van der Waals surface area contributed by atoms with Gasteiger partial charge in [-0.2, -0.15) is 0 Å². The number of ether oxygens (including phenoxy) is 1. The number of hydrogen-bond donors (Lipinski definition) is 1. The predicted molar refractivity (Wildman–Crippen MR) is 92.4 cm³/mol. The van der Waals surface area contributed by atoms with E-state index in [1.165, 1.54) is 38.5 Å². The maximum absolute atomic E-state index is 5.46. The van der Waals surface area contributed by atoms with E-state index in [1.54, 1.807) is 0 Å². The SMILES string of the molecule is CN=C(NCCN(C)C1CCCCC1)N(C)CC1CCOC1. The first-order valence-electron chi connectivity index (χ1n) is 8.90. The van der Waals surface area contributed by atoms with Crippen LogP contribution in [0.5, 0.6) is 0 Å². The maximum atomic E-state index is 5.46. The molecule has 0 aromatic heterocycles. The average Bonchev–Trinajstić information content (AvgIpc) is 3.05. The van der Waals surface area contributed by atoms with Gasteiger partial charge in [-0.3, -0.25) is 4.99 Å². The molecule has 0 spiro atoms. The van der Waals surface area contributed by atoms with Crippen molar-refractivity contribution in [2.45, 2.75) is 44.6 Å². The van der Waals surface area contributed by atoms with Crippen molar-refractivity contribution in [1.29, 1.82) is 0 Å². The van der Waals surface area contributed by atoms with Crippen molar-refractivity contribution in [2.24, 2.45) is 10.9 Å². The molecule has 1 N–H and O–H groups in total. The molecule has 0 amide bonds. The summed E-state index contributed by atoms with van der Waals surface area (Å²) in [5.41, 5.74) is 0. The van der Waals surface area contributed by atoms with E-state index in [-0.39, 0.29) is 0 Å². The van der Waals surface area contributed by atoms with Crippen LogP contribution in [0.2, 0.25) is 0 Å². The Kier molecular flexibility index (Phi) is 7.46. The van der Waals surface area contributed by atoms with Gasteiger partial charge >= 0.3 is 0 Å². The first-order valence-corrected chi connectivity index (χ1v) is 8.90. The number of nitrogens with zero attached hydrogens (tertiary/aromatic N) is 3. The zero-order chi connectivity index (χ0) is 15.8. The van der Waals surface area contributed by atoms with E-state index in [0.29, 0.717) is 5.92 Å². The third kappa shape index (κ3) is 5.43. The molecule has 2 rings (SSSR count). The van der Waals surface area contributed by atoms with E-state index in [0.717, 1.165) is 44.8 Å². The Morgan fingerprint density at radius 3 is 2.59 bits per heavy atom. The second-order valence-electron chi connectivity index (χ2n) is 6.86. The normalized spacial score (nSPS) is 24.0. The highest BCUT2D eigenvalue weighted by Crippen LogP contribution is 2.21. The molecule has 1 heterocycles. The molecule has 5 heteroatoms. The summed E-state index contributed by atoms with van der Waals surface area (Å²) < 4.78 is 5.46. The summed E-state index contributed by atoms with van der Waals surface area (Å²) in [5, 5.41) is 3.51. The number of hydrogen-bond acceptors (Lipinski definition) is 3. The van der Waals surface area contributed by atoms with E-state index in [1.807, 2.05) is 7.05 Å². The van der Waals surface area contributed by atoms with Crippen LogP contribution in [-0.4, -0.2) is 75.8 Å². The molecule has 0 aromatic carbocycles. The van der Waals surface area contributed by atoms with Gasteiger partial charge < -0.3 is 19.9 Å². The van der Waals surface area contributed by atoms with Gasteiger partial charge in [-0.25, -0.2) is 0 Å². The summed E-state index contributed by atoms with van der Waals surface area (Å²) in [6, 6.07) is 0.783. The zero-order valence-electron chi connectivity index (χ0n) is 14.7. The first-order chi connectivity index (χ1) is 10.7. The summed E-state index contributed by atoms with van der Waals surface area (Å²) in [6.45, 7) is 4.88. The molecule has 2 fully saturated rings. The van der Waals surface area contributed by atoms with Crippen molar-refractivity contribution in [3.05, 3.63) is 0 Å². The van der Waals surface area contributed by atoms with Crippen LogP contribution in [0.25, 0.3) is 0 Å². The minimum Gasteiger partial charge on any atom is -0.381 e. The highest BCUT2D eigenvalue weighted by Gasteiger charge is 2.20. The lowest BCUT2D eigenvalue weighted by atomic mass is 9.94. The minimum absolute atomic E-state index is 0.647. The third-order valence-corrected chi connectivity index (χ3v) is 5.08. The van der Waals surface area contributed by atoms with Crippen LogP contribution < -0.4 is 5.32 Å². The van der Waals surface area contributed by atoms with Crippen LogP contribution in [0, 0.1) is 5.92 Å². The highest BCUT2D eigenvalue weighted by molar-refractivity contribution is 5.79. The fraction of sp³-hybridized carbons (Fsp3) is 0.941. The Hall–Kier alpha value is -0.810. The number of likely N-dealkylation sites (N-methyl/N-ethyl adjacent to an activating group) is 1. The largest absolute Gasteiger partial charge is 0.381 e. The fourth-order valence-corrected chi connectivity index (χ4v) is 3.63. The Morgan fingerprint density at radius 2 is 1.95 bits per heavy atom. The quantitative estimate of drug-likeness (QED) is 0.600. The Balaban J connectivity index is 1.66. The van der Waals surface area contributed by atoms with Crippen molar-refractivity contribution >= 4 is 5.96 Å². The van der Waals surface area contributed by atoms with Gasteiger partial charge in [0, 0.05) is 52.3 Å². The minimum atomic E-state index is 0.647. The third-order valence-electron chi connectivity index (χ3n) is 5.08. The van der Waals surface area contributed by atoms with Crippen molar-refractivity contribution in [2.75, 3.05) is 54.0 Å². The number of rotatable bonds is 6. The standard InChI is InChI=1S/C17H34N4O/c1-18-17(21(3)13-15-9-12-22-14-15)19-10-11-20(2)16-7-5-4-6-8-16/h15-16H,4-14H2,1-3H3,(H,18,19). The predicted octanol–water partition coefficient (Wildman–Crippen LogP) is 1.79. The average molecular weight is 310 g/mol. The van der Waals surface area contributed by atoms with Gasteiger partial charge in [-0.05, 0) is 26.3 Å². The molecule has 0 radical (unpaired) electrons. The van der Waals surface area contributed by atoms with Gasteiger partial charge in [0.25, 0.3) is 0 Å². The molecule has 1 atom stereocenters. The smallest absolute Gasteiger partial charge is 0.193 e. The lowest BCUT2D eigenvalue weighted by molar-refractivity contribution is 0.180. The van der Waals surface area contributed by atoms with E-state index < -0.39 is 0 Å². The van der Waals surface area contributed by atoms with Crippen LogP contribution in [0.3, 0.4) is 0 Å². The number of guanidine groups is 1. The van der Waals surface area contributed by atoms with Gasteiger partial charge in [0.1, 0.15) is 0 Å². The van der Waals surface area contributed by atoms with Gasteiger partial charge in [0.2, 0.25) is 0 Å². The lowest BCUT2D eigenvalue weighted by Crippen LogP contribution is -2.45. The topological polar surface area (TPSA) is 40.1 Å². The van der Waals surface area contributed by atoms with Gasteiger partial charge in [0.05, 0.1) is 6.61 Å². The van der Waals surface area contributed by atoms with Crippen molar-refractivity contribution in [1.82, 2.24) is 15.1 Å². The maximum Gasteiger partial charge on any atom is 0.193 e. The lowest BCUT2D eigenvalue weighted by Gasteiger charge is -2.32. The van der Waals surface area contributed by atoms with E-state index in [9.17, 15) is 0 Å². The molecule has 1 aliphatic carbocycles. The monoisotopic (exact) mass is 310 g/mol. The molecule has 2 aliphatic rings. The molecule has 0 aromatic rings. The van der Waals surface area contributed by atoms with Crippen molar-refractivity contribution in [3.8, 4) is 0 Å². The molecule has 1 saturated heterocycles. The van der Waals surface area contributed by atoms with E-state index in [2.05, 4.69) is 34.2 Å². The molecule has 1 saturated carbocycles. The molecule has 1 unspecified atom stereocenters. The number of nitrogens with one attached hydrogen (secondary N) is 1. The summed E-state index contributed by atoms with van der Waals surface area (Å²) in [4.78, 5) is 9.17. The molecule has 0 bridgehead atoms. The molecule has 128 valence electrons. The van der Waals surface area contributed by atoms with Gasteiger partial charge in [-0.1, -0.05) is 19.3 Å². The Labute approximate surface area is 136 Å². The van der Waals surface area contributed by atoms with Crippen LogP contribution >= 0.6 is 0 Å². The molecular weight excluding hydrogens is 276 g/mol. The Morgan fingerprint density at radius 1 is 1.18 bits per heavy atom. The van der Waals surface area contributed by atoms with Crippen molar-refractivity contribution in [3.63, 3.8) is 0 Å². The van der Waals surface area contributed by atoms with Crippen LogP contribution in [0.1, 0.15) is 38.5 Å². The summed E-state index contributed by atoms with van der Waals surface area (Å²) in [7, 11) is 6.26. The summed E-state index contributed by atoms with van der Waals surface area (Å²) >= 11 is 0. The summed E-state index contributed by atoms with van der Waals surface area (Å²) in [5.74, 6) is 1.65. The Bertz CT molecular complexity index is 336. The van der Waals surface area contributed by atoms with Crippen LogP contribution in [0.15, 0.2) is 4.99 Å². The van der Waals surface area contributed by atoms with Crippen molar-refractivity contribution < 1.29 is 4.74 Å². The molecule has 1 aliphatic heterocycles. The molecule has 5 nitrogen and oxygen atoms in total. The highest BCUT2D eigenvalue weighted by atomic mass is 16.5. The van der Waals surface area contributed by atoms with Crippen LogP contribution in [0.4, 0.5) is 0 Å². The van der Waals surface area contributed by atoms with Gasteiger partial charge in [0.15, 0.2) is 5.96 Å². The molecular formula is C17H34N4O. The van der Waals surface area contributed by atoms with Gasteiger partial charge in [-0.15, -0.1) is 0 Å². The first kappa shape index (κ1) is 17.5. The second kappa shape index (κ2) is 9.36. The van der Waals surface area contributed by atoms with E-state index >= 15 is 0 Å². The zero-order valence-corrected chi connectivity index (χ0v) is 14.7. The fourth-order valence-electron chi connectivity index (χ4n) is 3.63. The molecule has 22 heavy (non-hydrogen) atoms.